The Morgan fingerprint density at radius 1 is 1.33 bits per heavy atom. The molecule has 5 nitrogen and oxygen atoms in total. The van der Waals surface area contributed by atoms with Crippen LogP contribution in [0.3, 0.4) is 0 Å². The summed E-state index contributed by atoms with van der Waals surface area (Å²) < 4.78 is 22.4. The molecule has 0 bridgehead atoms. The van der Waals surface area contributed by atoms with Gasteiger partial charge in [0.25, 0.3) is 11.9 Å². The number of carbonyl (C=O) groups excluding carboxylic acids is 1. The number of methoxy groups -OCH3 is 2. The van der Waals surface area contributed by atoms with Crippen molar-refractivity contribution in [3.05, 3.63) is 35.6 Å². The van der Waals surface area contributed by atoms with Crippen molar-refractivity contribution in [3.8, 4) is 0 Å². The number of amides is 1. The molecule has 0 spiro atoms. The zero-order chi connectivity index (χ0) is 13.4. The molecule has 0 radical (unpaired) electrons. The third kappa shape index (κ3) is 4.50. The first-order valence-electron chi connectivity index (χ1n) is 5.31. The number of amidine groups is 1. The number of nitrogens with zero attached hydrogens (tertiary/aromatic N) is 1. The molecule has 0 saturated heterocycles. The summed E-state index contributed by atoms with van der Waals surface area (Å²) in [6.45, 7) is 0.808. The van der Waals surface area contributed by atoms with E-state index < -0.39 is 11.7 Å². The summed E-state index contributed by atoms with van der Waals surface area (Å²) in [4.78, 5) is 15.7. The first-order chi connectivity index (χ1) is 8.67. The van der Waals surface area contributed by atoms with E-state index in [1.54, 1.807) is 7.11 Å². The Kier molecular flexibility index (Phi) is 5.79. The van der Waals surface area contributed by atoms with E-state index in [-0.39, 0.29) is 6.02 Å². The van der Waals surface area contributed by atoms with E-state index >= 15 is 0 Å². The minimum atomic E-state index is -0.409. The Morgan fingerprint density at radius 2 is 2.00 bits per heavy atom. The highest BCUT2D eigenvalue weighted by Gasteiger charge is 2.08. The van der Waals surface area contributed by atoms with Gasteiger partial charge < -0.3 is 9.47 Å². The maximum absolute atomic E-state index is 12.7. The molecule has 1 N–H and O–H groups in total. The summed E-state index contributed by atoms with van der Waals surface area (Å²) in [5.41, 5.74) is 0.327. The second-order valence-electron chi connectivity index (χ2n) is 3.34. The summed E-state index contributed by atoms with van der Waals surface area (Å²) in [5.74, 6) is -0.805. The highest BCUT2D eigenvalue weighted by molar-refractivity contribution is 6.04. The van der Waals surface area contributed by atoms with Crippen molar-refractivity contribution >= 4 is 11.9 Å². The lowest BCUT2D eigenvalue weighted by Crippen LogP contribution is -2.32. The number of ether oxygens (including phenoxy) is 2. The lowest BCUT2D eigenvalue weighted by molar-refractivity contribution is 0.0968. The highest BCUT2D eigenvalue weighted by Crippen LogP contribution is 2.02. The van der Waals surface area contributed by atoms with Crippen LogP contribution in [0.1, 0.15) is 10.4 Å². The minimum Gasteiger partial charge on any atom is -0.468 e. The van der Waals surface area contributed by atoms with E-state index in [2.05, 4.69) is 10.3 Å². The van der Waals surface area contributed by atoms with E-state index in [0.717, 1.165) is 0 Å². The molecular formula is C12H15FN2O3. The van der Waals surface area contributed by atoms with Crippen LogP contribution in [0.4, 0.5) is 4.39 Å². The Hall–Kier alpha value is -1.95. The van der Waals surface area contributed by atoms with Crippen molar-refractivity contribution in [2.24, 2.45) is 4.99 Å². The lowest BCUT2D eigenvalue weighted by atomic mass is 10.2. The van der Waals surface area contributed by atoms with Crippen molar-refractivity contribution in [1.82, 2.24) is 5.32 Å². The van der Waals surface area contributed by atoms with Gasteiger partial charge in [0, 0.05) is 12.7 Å². The molecule has 0 fully saturated rings. The molecule has 0 aromatic heterocycles. The van der Waals surface area contributed by atoms with Crippen LogP contribution in [0, 0.1) is 5.82 Å². The van der Waals surface area contributed by atoms with E-state index in [0.29, 0.717) is 18.7 Å². The van der Waals surface area contributed by atoms with Gasteiger partial charge in [0.05, 0.1) is 20.3 Å². The van der Waals surface area contributed by atoms with E-state index in [1.165, 1.54) is 31.4 Å². The molecule has 6 heteroatoms. The van der Waals surface area contributed by atoms with Crippen LogP contribution in [0.5, 0.6) is 0 Å². The zero-order valence-electron chi connectivity index (χ0n) is 10.3. The SMILES string of the molecule is COCCN=C(NC(=O)c1ccc(F)cc1)OC. The molecule has 0 aliphatic carbocycles. The second-order valence-corrected chi connectivity index (χ2v) is 3.34. The third-order valence-electron chi connectivity index (χ3n) is 2.07. The number of hydrogen-bond donors (Lipinski definition) is 1. The molecule has 1 aromatic carbocycles. The summed E-state index contributed by atoms with van der Waals surface area (Å²) in [6, 6.07) is 5.29. The van der Waals surface area contributed by atoms with Crippen LogP contribution in [0.15, 0.2) is 29.3 Å². The van der Waals surface area contributed by atoms with Crippen LogP contribution in [-0.4, -0.2) is 39.3 Å². The molecule has 18 heavy (non-hydrogen) atoms. The third-order valence-corrected chi connectivity index (χ3v) is 2.07. The van der Waals surface area contributed by atoms with Crippen LogP contribution in [0.25, 0.3) is 0 Å². The predicted molar refractivity (Wildman–Crippen MR) is 65.1 cm³/mol. The number of rotatable bonds is 4. The Balaban J connectivity index is 2.61. The lowest BCUT2D eigenvalue weighted by Gasteiger charge is -2.07. The zero-order valence-corrected chi connectivity index (χ0v) is 10.3. The van der Waals surface area contributed by atoms with Gasteiger partial charge in [0.15, 0.2) is 0 Å². The summed E-state index contributed by atoms with van der Waals surface area (Å²) >= 11 is 0. The van der Waals surface area contributed by atoms with E-state index in [1.807, 2.05) is 0 Å². The normalized spacial score (nSPS) is 11.2. The molecule has 0 heterocycles. The van der Waals surface area contributed by atoms with Gasteiger partial charge in [-0.3, -0.25) is 10.1 Å². The molecule has 98 valence electrons. The average Bonchev–Trinajstić information content (AvgIpc) is 2.38. The van der Waals surface area contributed by atoms with Crippen molar-refractivity contribution in [2.45, 2.75) is 0 Å². The van der Waals surface area contributed by atoms with E-state index in [9.17, 15) is 9.18 Å². The van der Waals surface area contributed by atoms with Crippen molar-refractivity contribution in [2.75, 3.05) is 27.4 Å². The molecular weight excluding hydrogens is 239 g/mol. The largest absolute Gasteiger partial charge is 0.468 e. The number of halogens is 1. The fraction of sp³-hybridized carbons (Fsp3) is 0.333. The van der Waals surface area contributed by atoms with Gasteiger partial charge in [-0.15, -0.1) is 0 Å². The number of benzene rings is 1. The summed E-state index contributed by atoms with van der Waals surface area (Å²) in [7, 11) is 2.95. The first-order valence-corrected chi connectivity index (χ1v) is 5.31. The first kappa shape index (κ1) is 14.1. The average molecular weight is 254 g/mol. The van der Waals surface area contributed by atoms with Gasteiger partial charge in [-0.25, -0.2) is 9.38 Å². The Bertz CT molecular complexity index is 418. The predicted octanol–water partition coefficient (Wildman–Crippen LogP) is 1.20. The Labute approximate surface area is 105 Å². The van der Waals surface area contributed by atoms with Gasteiger partial charge in [0.1, 0.15) is 5.82 Å². The Morgan fingerprint density at radius 3 is 2.56 bits per heavy atom. The van der Waals surface area contributed by atoms with Gasteiger partial charge in [-0.1, -0.05) is 0 Å². The van der Waals surface area contributed by atoms with Crippen LogP contribution >= 0.6 is 0 Å². The van der Waals surface area contributed by atoms with Gasteiger partial charge in [-0.05, 0) is 24.3 Å². The fourth-order valence-electron chi connectivity index (χ4n) is 1.16. The molecule has 0 saturated carbocycles. The smallest absolute Gasteiger partial charge is 0.291 e. The summed E-state index contributed by atoms with van der Waals surface area (Å²) in [5, 5.41) is 2.47. The van der Waals surface area contributed by atoms with Gasteiger partial charge in [0.2, 0.25) is 0 Å². The molecule has 0 aliphatic heterocycles. The van der Waals surface area contributed by atoms with Gasteiger partial charge >= 0.3 is 0 Å². The number of aliphatic imine (C=N–C) groups is 1. The minimum absolute atomic E-state index is 0.0985. The molecule has 0 unspecified atom stereocenters. The van der Waals surface area contributed by atoms with Gasteiger partial charge in [-0.2, -0.15) is 0 Å². The quantitative estimate of drug-likeness (QED) is 0.499. The van der Waals surface area contributed by atoms with Crippen LogP contribution in [0.2, 0.25) is 0 Å². The van der Waals surface area contributed by atoms with Crippen LogP contribution in [-0.2, 0) is 9.47 Å². The highest BCUT2D eigenvalue weighted by atomic mass is 19.1. The monoisotopic (exact) mass is 254 g/mol. The van der Waals surface area contributed by atoms with Crippen molar-refractivity contribution < 1.29 is 18.7 Å². The van der Waals surface area contributed by atoms with Crippen molar-refractivity contribution in [3.63, 3.8) is 0 Å². The molecule has 1 amide bonds. The maximum Gasteiger partial charge on any atom is 0.291 e. The standard InChI is InChI=1S/C12H15FN2O3/c1-17-8-7-14-12(18-2)15-11(16)9-3-5-10(13)6-4-9/h3-6H,7-8H2,1-2H3,(H,14,15,16). The number of carbonyl (C=O) groups is 1. The van der Waals surface area contributed by atoms with Crippen molar-refractivity contribution in [1.29, 1.82) is 0 Å². The fourth-order valence-corrected chi connectivity index (χ4v) is 1.16. The molecule has 0 atom stereocenters. The maximum atomic E-state index is 12.7. The number of hydrogen-bond acceptors (Lipinski definition) is 4. The number of nitrogens with one attached hydrogen (secondary N) is 1. The molecule has 1 aromatic rings. The topological polar surface area (TPSA) is 59.9 Å². The molecule has 1 rings (SSSR count). The molecule has 0 aliphatic rings. The van der Waals surface area contributed by atoms with E-state index in [4.69, 9.17) is 9.47 Å². The van der Waals surface area contributed by atoms with Crippen LogP contribution < -0.4 is 5.32 Å². The summed E-state index contributed by atoms with van der Waals surface area (Å²) in [6.07, 6.45) is 0. The second kappa shape index (κ2) is 7.39.